The molecular weight excluding hydrogens is 402 g/mol. The van der Waals surface area contributed by atoms with Crippen LogP contribution in [0.3, 0.4) is 0 Å². The van der Waals surface area contributed by atoms with Crippen molar-refractivity contribution in [3.05, 3.63) is 46.9 Å². The quantitative estimate of drug-likeness (QED) is 0.692. The van der Waals surface area contributed by atoms with Gasteiger partial charge in [-0.2, -0.15) is 0 Å². The third kappa shape index (κ3) is 4.88. The number of rotatable bonds is 6. The minimum Gasteiger partial charge on any atom is -0.497 e. The Morgan fingerprint density at radius 3 is 2.66 bits per heavy atom. The summed E-state index contributed by atoms with van der Waals surface area (Å²) in [5, 5.41) is 0. The predicted molar refractivity (Wildman–Crippen MR) is 126 cm³/mol. The number of amides is 1. The van der Waals surface area contributed by atoms with E-state index >= 15 is 0 Å². The van der Waals surface area contributed by atoms with Gasteiger partial charge in [0.2, 0.25) is 5.91 Å². The molecule has 0 bridgehead atoms. The lowest BCUT2D eigenvalue weighted by Gasteiger charge is -2.36. The van der Waals surface area contributed by atoms with Crippen molar-refractivity contribution in [3.8, 4) is 5.75 Å². The van der Waals surface area contributed by atoms with Gasteiger partial charge in [-0.1, -0.05) is 12.1 Å². The van der Waals surface area contributed by atoms with Crippen molar-refractivity contribution in [3.63, 3.8) is 0 Å². The largest absolute Gasteiger partial charge is 0.497 e. The molecule has 3 heterocycles. The van der Waals surface area contributed by atoms with E-state index in [1.54, 1.807) is 7.11 Å². The Kier molecular flexibility index (Phi) is 6.94. The summed E-state index contributed by atoms with van der Waals surface area (Å²) in [6.45, 7) is 2.66. The second kappa shape index (κ2) is 9.86. The van der Waals surface area contributed by atoms with E-state index in [9.17, 15) is 4.79 Å². The number of likely N-dealkylation sites (tertiary alicyclic amines) is 1. The van der Waals surface area contributed by atoms with E-state index in [1.807, 2.05) is 43.3 Å². The Morgan fingerprint density at radius 2 is 1.94 bits per heavy atom. The molecule has 172 valence electrons. The third-order valence-corrected chi connectivity index (χ3v) is 6.58. The van der Waals surface area contributed by atoms with E-state index in [2.05, 4.69) is 16.8 Å². The fourth-order valence-electron chi connectivity index (χ4n) is 4.75. The minimum atomic E-state index is -0.0317. The van der Waals surface area contributed by atoms with Gasteiger partial charge in [0.05, 0.1) is 18.8 Å². The van der Waals surface area contributed by atoms with Gasteiger partial charge in [-0.3, -0.25) is 4.79 Å². The van der Waals surface area contributed by atoms with Gasteiger partial charge in [0, 0.05) is 52.1 Å². The lowest BCUT2D eigenvalue weighted by atomic mass is 9.99. The number of carbonyl (C=O) groups is 1. The number of carbonyl (C=O) groups excluding carboxylic acids is 1. The highest BCUT2D eigenvalue weighted by Crippen LogP contribution is 2.33. The van der Waals surface area contributed by atoms with Crippen molar-refractivity contribution in [1.29, 1.82) is 0 Å². The molecule has 0 spiro atoms. The number of anilines is 1. The van der Waals surface area contributed by atoms with Gasteiger partial charge in [0.25, 0.3) is 0 Å². The molecule has 1 saturated heterocycles. The Labute approximate surface area is 191 Å². The number of hydrogen-bond donors (Lipinski definition) is 0. The van der Waals surface area contributed by atoms with Crippen molar-refractivity contribution in [1.82, 2.24) is 19.8 Å². The van der Waals surface area contributed by atoms with Crippen LogP contribution in [0.4, 0.5) is 5.82 Å². The molecule has 7 nitrogen and oxygen atoms in total. The fourth-order valence-corrected chi connectivity index (χ4v) is 4.75. The Hall–Kier alpha value is -2.67. The molecule has 1 amide bonds. The van der Waals surface area contributed by atoms with E-state index in [4.69, 9.17) is 14.7 Å². The van der Waals surface area contributed by atoms with Crippen molar-refractivity contribution in [2.45, 2.75) is 51.1 Å². The van der Waals surface area contributed by atoms with Crippen LogP contribution in [0, 0.1) is 0 Å². The molecule has 1 aromatic carbocycles. The predicted octanol–water partition coefficient (Wildman–Crippen LogP) is 3.23. The van der Waals surface area contributed by atoms with Gasteiger partial charge in [-0.15, -0.1) is 0 Å². The summed E-state index contributed by atoms with van der Waals surface area (Å²) in [5.74, 6) is 2.84. The van der Waals surface area contributed by atoms with E-state index in [0.29, 0.717) is 6.42 Å². The lowest BCUT2D eigenvalue weighted by molar-refractivity contribution is -0.135. The molecule has 1 atom stereocenters. The third-order valence-electron chi connectivity index (χ3n) is 6.58. The summed E-state index contributed by atoms with van der Waals surface area (Å²) in [6.07, 6.45) is 5.24. The number of nitrogens with zero attached hydrogens (tertiary/aromatic N) is 5. The van der Waals surface area contributed by atoms with Crippen LogP contribution in [0.5, 0.6) is 5.75 Å². The highest BCUT2D eigenvalue weighted by Gasteiger charge is 2.32. The first-order valence-corrected chi connectivity index (χ1v) is 11.6. The first-order chi connectivity index (χ1) is 15.5. The number of fused-ring (bicyclic) bond motifs is 1. The summed E-state index contributed by atoms with van der Waals surface area (Å²) in [6, 6.07) is 7.94. The molecule has 2 aliphatic rings. The smallest absolute Gasteiger partial charge is 0.223 e. The van der Waals surface area contributed by atoms with Gasteiger partial charge >= 0.3 is 0 Å². The zero-order chi connectivity index (χ0) is 22.7. The molecule has 1 aromatic heterocycles. The van der Waals surface area contributed by atoms with Gasteiger partial charge < -0.3 is 19.4 Å². The molecular formula is C25H35N5O2. The molecule has 0 aliphatic carbocycles. The maximum Gasteiger partial charge on any atom is 0.223 e. The fraction of sp³-hybridized carbons (Fsp3) is 0.560. The van der Waals surface area contributed by atoms with E-state index in [-0.39, 0.29) is 11.9 Å². The number of methoxy groups -OCH3 is 1. The highest BCUT2D eigenvalue weighted by atomic mass is 16.5. The number of likely N-dealkylation sites (N-methyl/N-ethyl adjacent to an activating group) is 1. The van der Waals surface area contributed by atoms with Crippen molar-refractivity contribution in [2.24, 2.45) is 0 Å². The SMILES string of the molecule is COc1ccc(CCC(=O)N2CCCCC2c2nc3c(c(N(C)C)n2)CN(C)CC3)cc1. The Bertz CT molecular complexity index is 944. The van der Waals surface area contributed by atoms with Gasteiger partial charge in [0.1, 0.15) is 11.6 Å². The van der Waals surface area contributed by atoms with E-state index in [0.717, 1.165) is 80.4 Å². The zero-order valence-corrected chi connectivity index (χ0v) is 19.8. The number of aryl methyl sites for hydroxylation is 1. The summed E-state index contributed by atoms with van der Waals surface area (Å²) in [5.41, 5.74) is 3.52. The van der Waals surface area contributed by atoms with Crippen LogP contribution in [0.1, 0.15) is 54.4 Å². The van der Waals surface area contributed by atoms with Gasteiger partial charge in [-0.05, 0) is 50.4 Å². The molecule has 1 fully saturated rings. The zero-order valence-electron chi connectivity index (χ0n) is 19.8. The van der Waals surface area contributed by atoms with Gasteiger partial charge in [0.15, 0.2) is 5.82 Å². The molecule has 0 saturated carbocycles. The van der Waals surface area contributed by atoms with Crippen LogP contribution in [-0.2, 0) is 24.2 Å². The topological polar surface area (TPSA) is 61.8 Å². The molecule has 0 N–H and O–H groups in total. The molecule has 0 radical (unpaired) electrons. The van der Waals surface area contributed by atoms with Crippen LogP contribution in [0.25, 0.3) is 0 Å². The molecule has 32 heavy (non-hydrogen) atoms. The minimum absolute atomic E-state index is 0.0317. The van der Waals surface area contributed by atoms with Crippen molar-refractivity contribution in [2.75, 3.05) is 46.2 Å². The number of aromatic nitrogens is 2. The number of benzene rings is 1. The Morgan fingerprint density at radius 1 is 1.16 bits per heavy atom. The van der Waals surface area contributed by atoms with Crippen molar-refractivity contribution < 1.29 is 9.53 Å². The first kappa shape index (κ1) is 22.5. The Balaban J connectivity index is 1.53. The number of hydrogen-bond acceptors (Lipinski definition) is 6. The molecule has 2 aliphatic heterocycles. The van der Waals surface area contributed by atoms with Crippen LogP contribution < -0.4 is 9.64 Å². The number of ether oxygens (including phenoxy) is 1. The van der Waals surface area contributed by atoms with E-state index < -0.39 is 0 Å². The monoisotopic (exact) mass is 437 g/mol. The summed E-state index contributed by atoms with van der Waals surface area (Å²) >= 11 is 0. The molecule has 4 rings (SSSR count). The normalized spacial score (nSPS) is 18.9. The average molecular weight is 438 g/mol. The standard InChI is InChI=1S/C25H35N5O2/c1-28(2)25-20-17-29(3)16-14-21(20)26-24(27-25)22-7-5-6-15-30(22)23(31)13-10-18-8-11-19(32-4)12-9-18/h8-9,11-12,22H,5-7,10,13-17H2,1-4H3. The maximum absolute atomic E-state index is 13.3. The van der Waals surface area contributed by atoms with Crippen LogP contribution in [-0.4, -0.2) is 67.0 Å². The summed E-state index contributed by atoms with van der Waals surface area (Å²) in [7, 11) is 7.89. The van der Waals surface area contributed by atoms with Crippen LogP contribution in [0.2, 0.25) is 0 Å². The average Bonchev–Trinajstić information content (AvgIpc) is 2.82. The lowest BCUT2D eigenvalue weighted by Crippen LogP contribution is -2.40. The van der Waals surface area contributed by atoms with E-state index in [1.165, 1.54) is 5.56 Å². The van der Waals surface area contributed by atoms with Crippen molar-refractivity contribution >= 4 is 11.7 Å². The first-order valence-electron chi connectivity index (χ1n) is 11.6. The van der Waals surface area contributed by atoms with Gasteiger partial charge in [-0.25, -0.2) is 9.97 Å². The second-order valence-corrected chi connectivity index (χ2v) is 9.16. The molecule has 7 heteroatoms. The van der Waals surface area contributed by atoms with Crippen LogP contribution >= 0.6 is 0 Å². The number of piperidine rings is 1. The highest BCUT2D eigenvalue weighted by molar-refractivity contribution is 5.77. The summed E-state index contributed by atoms with van der Waals surface area (Å²) < 4.78 is 5.23. The molecule has 1 unspecified atom stereocenters. The maximum atomic E-state index is 13.3. The molecule has 2 aromatic rings. The second-order valence-electron chi connectivity index (χ2n) is 9.16. The summed E-state index contributed by atoms with van der Waals surface area (Å²) in [4.78, 5) is 29.7. The van der Waals surface area contributed by atoms with Crippen LogP contribution in [0.15, 0.2) is 24.3 Å².